The summed E-state index contributed by atoms with van der Waals surface area (Å²) in [5.74, 6) is -4.98. The van der Waals surface area contributed by atoms with E-state index in [-0.39, 0.29) is 17.5 Å². The molecule has 0 fully saturated rings. The third-order valence-corrected chi connectivity index (χ3v) is 6.31. The molecule has 0 saturated heterocycles. The molecule has 0 aliphatic heterocycles. The number of hydrogen-bond acceptors (Lipinski definition) is 2. The van der Waals surface area contributed by atoms with Crippen LogP contribution in [0.15, 0.2) is 97.1 Å². The quantitative estimate of drug-likeness (QED) is 0.198. The van der Waals surface area contributed by atoms with Gasteiger partial charge in [-0.2, -0.15) is 30.7 Å². The van der Waals surface area contributed by atoms with Crippen molar-refractivity contribution in [1.82, 2.24) is 5.32 Å². The zero-order valence-electron chi connectivity index (χ0n) is 21.2. The Bertz CT molecular complexity index is 1540. The number of nitrogens with one attached hydrogen (secondary N) is 1. The molecule has 0 heterocycles. The Kier molecular flexibility index (Phi) is 8.55. The Labute approximate surface area is 233 Å². The van der Waals surface area contributed by atoms with Gasteiger partial charge >= 0.3 is 18.7 Å². The molecule has 0 unspecified atom stereocenters. The molecule has 0 saturated carbocycles. The molecular formula is C30H20F9NO2. The number of alkyl halides is 7. The van der Waals surface area contributed by atoms with E-state index in [1.165, 1.54) is 24.3 Å². The molecule has 0 radical (unpaired) electrons. The predicted molar refractivity (Wildman–Crippen MR) is 134 cm³/mol. The SMILES string of the molecule is O=C(N[C@](Cc1ccccc1)(c1ccccc1)c1cc(F)cc(OC(F)(F)C(F)F)c1)c1ccc(F)c(C(F)(F)F)c1. The molecule has 0 aliphatic rings. The van der Waals surface area contributed by atoms with Crippen LogP contribution in [0.4, 0.5) is 39.5 Å². The zero-order valence-corrected chi connectivity index (χ0v) is 21.2. The van der Waals surface area contributed by atoms with E-state index >= 15 is 0 Å². The number of hydrogen-bond donors (Lipinski definition) is 1. The highest BCUT2D eigenvalue weighted by molar-refractivity contribution is 5.95. The summed E-state index contributed by atoms with van der Waals surface area (Å²) in [7, 11) is 0. The third-order valence-electron chi connectivity index (χ3n) is 6.31. The molecule has 220 valence electrons. The highest BCUT2D eigenvalue weighted by Gasteiger charge is 2.45. The molecule has 0 bridgehead atoms. The zero-order chi connectivity index (χ0) is 30.7. The first kappa shape index (κ1) is 30.5. The lowest BCUT2D eigenvalue weighted by Crippen LogP contribution is -2.48. The Hall–Kier alpha value is -4.48. The summed E-state index contributed by atoms with van der Waals surface area (Å²) in [6, 6.07) is 19.4. The minimum atomic E-state index is -5.13. The van der Waals surface area contributed by atoms with Gasteiger partial charge in [-0.05, 0) is 47.0 Å². The van der Waals surface area contributed by atoms with Gasteiger partial charge < -0.3 is 10.1 Å². The van der Waals surface area contributed by atoms with E-state index in [1.807, 2.05) is 0 Å². The van der Waals surface area contributed by atoms with Gasteiger partial charge in [0, 0.05) is 18.1 Å². The van der Waals surface area contributed by atoms with Gasteiger partial charge in [0.25, 0.3) is 5.91 Å². The van der Waals surface area contributed by atoms with Crippen LogP contribution in [0.3, 0.4) is 0 Å². The number of rotatable bonds is 9. The average molecular weight is 597 g/mol. The number of carbonyl (C=O) groups is 1. The van der Waals surface area contributed by atoms with Crippen LogP contribution in [-0.4, -0.2) is 18.4 Å². The van der Waals surface area contributed by atoms with Crippen LogP contribution in [0.5, 0.6) is 5.75 Å². The Balaban J connectivity index is 1.93. The molecule has 0 aliphatic carbocycles. The fourth-order valence-electron chi connectivity index (χ4n) is 4.40. The van der Waals surface area contributed by atoms with E-state index in [1.54, 1.807) is 36.4 Å². The first-order valence-electron chi connectivity index (χ1n) is 12.2. The topological polar surface area (TPSA) is 38.3 Å². The lowest BCUT2D eigenvalue weighted by Gasteiger charge is -2.37. The maximum atomic E-state index is 14.9. The van der Waals surface area contributed by atoms with Gasteiger partial charge in [-0.15, -0.1) is 0 Å². The summed E-state index contributed by atoms with van der Waals surface area (Å²) in [6.07, 6.45) is -14.6. The van der Waals surface area contributed by atoms with Gasteiger partial charge in [0.15, 0.2) is 0 Å². The lowest BCUT2D eigenvalue weighted by molar-refractivity contribution is -0.253. The lowest BCUT2D eigenvalue weighted by atomic mass is 9.77. The molecule has 0 aromatic heterocycles. The van der Waals surface area contributed by atoms with Gasteiger partial charge in [0.1, 0.15) is 17.4 Å². The molecule has 12 heteroatoms. The van der Waals surface area contributed by atoms with E-state index < -0.39 is 58.7 Å². The molecule has 1 atom stereocenters. The molecule has 42 heavy (non-hydrogen) atoms. The van der Waals surface area contributed by atoms with Crippen molar-refractivity contribution in [2.45, 2.75) is 30.7 Å². The molecule has 1 amide bonds. The second kappa shape index (κ2) is 11.8. The largest absolute Gasteiger partial charge is 0.461 e. The number of ether oxygens (including phenoxy) is 1. The minimum absolute atomic E-state index is 0.217. The maximum Gasteiger partial charge on any atom is 0.461 e. The van der Waals surface area contributed by atoms with E-state index in [0.29, 0.717) is 23.8 Å². The van der Waals surface area contributed by atoms with Gasteiger partial charge in [0.2, 0.25) is 0 Å². The van der Waals surface area contributed by atoms with E-state index in [2.05, 4.69) is 10.1 Å². The molecule has 4 aromatic carbocycles. The third kappa shape index (κ3) is 6.69. The molecule has 4 aromatic rings. The van der Waals surface area contributed by atoms with Crippen LogP contribution in [0, 0.1) is 11.6 Å². The smallest absolute Gasteiger partial charge is 0.428 e. The standard InChI is InChI=1S/C30H20F9NO2/c31-22-14-21(15-23(16-22)42-30(38,39)27(33)34)28(20-9-5-2-6-10-20,17-18-7-3-1-4-8-18)40-26(41)19-11-12-25(32)24(13-19)29(35,36)37/h1-16,27H,17H2,(H,40,41)/t28-/m1/s1. The van der Waals surface area contributed by atoms with Crippen molar-refractivity contribution in [3.8, 4) is 5.75 Å². The Morgan fingerprint density at radius 3 is 1.98 bits per heavy atom. The van der Waals surface area contributed by atoms with Crippen molar-refractivity contribution in [2.24, 2.45) is 0 Å². The first-order valence-corrected chi connectivity index (χ1v) is 12.2. The Morgan fingerprint density at radius 2 is 1.38 bits per heavy atom. The van der Waals surface area contributed by atoms with Crippen molar-refractivity contribution in [3.63, 3.8) is 0 Å². The monoisotopic (exact) mass is 597 g/mol. The summed E-state index contributed by atoms with van der Waals surface area (Å²) in [5.41, 5.74) is -3.76. The summed E-state index contributed by atoms with van der Waals surface area (Å²) in [4.78, 5) is 13.5. The van der Waals surface area contributed by atoms with Crippen LogP contribution >= 0.6 is 0 Å². The molecule has 3 nitrogen and oxygen atoms in total. The summed E-state index contributed by atoms with van der Waals surface area (Å²) in [6.45, 7) is 0. The first-order chi connectivity index (χ1) is 19.7. The fraction of sp³-hybridized carbons (Fsp3) is 0.167. The van der Waals surface area contributed by atoms with Gasteiger partial charge in [0.05, 0.1) is 11.1 Å². The second-order valence-electron chi connectivity index (χ2n) is 9.22. The highest BCUT2D eigenvalue weighted by atomic mass is 19.4. The van der Waals surface area contributed by atoms with E-state index in [0.717, 1.165) is 18.2 Å². The molecule has 0 spiro atoms. The van der Waals surface area contributed by atoms with Gasteiger partial charge in [-0.3, -0.25) is 4.79 Å². The van der Waals surface area contributed by atoms with Crippen molar-refractivity contribution >= 4 is 5.91 Å². The van der Waals surface area contributed by atoms with Gasteiger partial charge in [-0.1, -0.05) is 60.7 Å². The highest BCUT2D eigenvalue weighted by Crippen LogP contribution is 2.38. The second-order valence-corrected chi connectivity index (χ2v) is 9.22. The van der Waals surface area contributed by atoms with E-state index in [4.69, 9.17) is 0 Å². The molecule has 1 N–H and O–H groups in total. The summed E-state index contributed by atoms with van der Waals surface area (Å²) >= 11 is 0. The van der Waals surface area contributed by atoms with Crippen molar-refractivity contribution in [1.29, 1.82) is 0 Å². The average Bonchev–Trinajstić information content (AvgIpc) is 2.92. The van der Waals surface area contributed by atoms with Crippen molar-refractivity contribution < 1.29 is 49.0 Å². The minimum Gasteiger partial charge on any atom is -0.428 e. The van der Waals surface area contributed by atoms with Crippen LogP contribution in [0.1, 0.15) is 32.6 Å². The molecular weight excluding hydrogens is 577 g/mol. The normalized spacial score (nSPS) is 13.5. The maximum absolute atomic E-state index is 14.9. The number of carbonyl (C=O) groups excluding carboxylic acids is 1. The van der Waals surface area contributed by atoms with Crippen LogP contribution < -0.4 is 10.1 Å². The molecule has 4 rings (SSSR count). The van der Waals surface area contributed by atoms with Crippen LogP contribution in [0.2, 0.25) is 0 Å². The van der Waals surface area contributed by atoms with Gasteiger partial charge in [-0.25, -0.2) is 8.78 Å². The number of benzene rings is 4. The number of halogens is 9. The van der Waals surface area contributed by atoms with E-state index in [9.17, 15) is 44.3 Å². The number of amides is 1. The van der Waals surface area contributed by atoms with Crippen LogP contribution in [-0.2, 0) is 18.1 Å². The summed E-state index contributed by atoms with van der Waals surface area (Å²) in [5, 5.41) is 2.58. The summed E-state index contributed by atoms with van der Waals surface area (Å²) < 4.78 is 126. The Morgan fingerprint density at radius 1 is 0.762 bits per heavy atom. The van der Waals surface area contributed by atoms with Crippen molar-refractivity contribution in [3.05, 3.63) is 137 Å². The predicted octanol–water partition coefficient (Wildman–Crippen LogP) is 8.14. The van der Waals surface area contributed by atoms with Crippen molar-refractivity contribution in [2.75, 3.05) is 0 Å². The fourth-order valence-corrected chi connectivity index (χ4v) is 4.40. The van der Waals surface area contributed by atoms with Crippen LogP contribution in [0.25, 0.3) is 0 Å².